The maximum Gasteiger partial charge on any atom is 0.321 e. The Balaban J connectivity index is 1.83. The molecule has 0 unspecified atom stereocenters. The molecule has 1 heterocycles. The highest BCUT2D eigenvalue weighted by Gasteiger charge is 2.19. The molecular weight excluding hydrogens is 260 g/mol. The van der Waals surface area contributed by atoms with Crippen molar-refractivity contribution in [2.45, 2.75) is 19.8 Å². The smallest absolute Gasteiger partial charge is 0.321 e. The molecule has 4 heteroatoms. The van der Waals surface area contributed by atoms with Gasteiger partial charge in [-0.2, -0.15) is 0 Å². The first-order valence-electron chi connectivity index (χ1n) is 6.63. The third-order valence-corrected chi connectivity index (χ3v) is 3.64. The van der Waals surface area contributed by atoms with Crippen molar-refractivity contribution in [2.24, 2.45) is 5.92 Å². The van der Waals surface area contributed by atoms with Crippen LogP contribution in [0.25, 0.3) is 6.08 Å². The van der Waals surface area contributed by atoms with Crippen LogP contribution in [0.15, 0.2) is 30.5 Å². The lowest BCUT2D eigenvalue weighted by atomic mass is 10.00. The van der Waals surface area contributed by atoms with Crippen molar-refractivity contribution < 1.29 is 4.79 Å². The number of hydrogen-bond acceptors (Lipinski definition) is 1. The molecule has 1 saturated heterocycles. The molecule has 2 rings (SSSR count). The van der Waals surface area contributed by atoms with Gasteiger partial charge in [-0.3, -0.25) is 0 Å². The predicted octanol–water partition coefficient (Wildman–Crippen LogP) is 3.75. The van der Waals surface area contributed by atoms with E-state index >= 15 is 0 Å². The van der Waals surface area contributed by atoms with Gasteiger partial charge >= 0.3 is 6.03 Å². The fourth-order valence-electron chi connectivity index (χ4n) is 2.12. The fourth-order valence-corrected chi connectivity index (χ4v) is 2.32. The van der Waals surface area contributed by atoms with E-state index in [0.29, 0.717) is 5.02 Å². The Hall–Kier alpha value is -1.48. The molecule has 0 radical (unpaired) electrons. The molecule has 1 fully saturated rings. The first-order valence-corrected chi connectivity index (χ1v) is 7.00. The van der Waals surface area contributed by atoms with Crippen molar-refractivity contribution in [2.75, 3.05) is 13.1 Å². The Labute approximate surface area is 119 Å². The molecule has 1 N–H and O–H groups in total. The molecule has 0 aromatic heterocycles. The number of urea groups is 1. The molecule has 2 amide bonds. The maximum atomic E-state index is 11.9. The zero-order chi connectivity index (χ0) is 13.7. The van der Waals surface area contributed by atoms with E-state index in [9.17, 15) is 4.79 Å². The molecule has 1 aliphatic heterocycles. The number of carbonyl (C=O) groups excluding carboxylic acids is 1. The molecule has 0 spiro atoms. The van der Waals surface area contributed by atoms with Gasteiger partial charge in [0.1, 0.15) is 0 Å². The Kier molecular flexibility index (Phi) is 4.86. The summed E-state index contributed by atoms with van der Waals surface area (Å²) in [5.41, 5.74) is 0.972. The number of hydrogen-bond donors (Lipinski definition) is 1. The summed E-state index contributed by atoms with van der Waals surface area (Å²) in [7, 11) is 0. The van der Waals surface area contributed by atoms with Crippen LogP contribution in [0.1, 0.15) is 25.3 Å². The third kappa shape index (κ3) is 4.28. The molecule has 0 bridgehead atoms. The number of rotatable bonds is 2. The van der Waals surface area contributed by atoms with Crippen molar-refractivity contribution >= 4 is 23.7 Å². The van der Waals surface area contributed by atoms with Gasteiger partial charge in [-0.05, 0) is 42.5 Å². The van der Waals surface area contributed by atoms with Crippen molar-refractivity contribution in [3.63, 3.8) is 0 Å². The Morgan fingerprint density at radius 3 is 2.84 bits per heavy atom. The van der Waals surface area contributed by atoms with Crippen molar-refractivity contribution in [3.8, 4) is 0 Å². The quantitative estimate of drug-likeness (QED) is 0.878. The average Bonchev–Trinajstić information content (AvgIpc) is 2.39. The van der Waals surface area contributed by atoms with E-state index in [1.165, 1.54) is 0 Å². The van der Waals surface area contributed by atoms with Gasteiger partial charge in [0.05, 0.1) is 0 Å². The summed E-state index contributed by atoms with van der Waals surface area (Å²) in [5, 5.41) is 3.49. The molecule has 3 nitrogen and oxygen atoms in total. The van der Waals surface area contributed by atoms with E-state index in [2.05, 4.69) is 12.2 Å². The highest BCUT2D eigenvalue weighted by molar-refractivity contribution is 6.30. The first-order chi connectivity index (χ1) is 9.15. The number of carbonyl (C=O) groups is 1. The topological polar surface area (TPSA) is 32.3 Å². The largest absolute Gasteiger partial charge is 0.325 e. The van der Waals surface area contributed by atoms with E-state index in [-0.39, 0.29) is 6.03 Å². The molecule has 19 heavy (non-hydrogen) atoms. The van der Waals surface area contributed by atoms with Crippen molar-refractivity contribution in [3.05, 3.63) is 41.1 Å². The monoisotopic (exact) mass is 278 g/mol. The lowest BCUT2D eigenvalue weighted by Gasteiger charge is -2.29. The summed E-state index contributed by atoms with van der Waals surface area (Å²) in [6.45, 7) is 3.92. The Morgan fingerprint density at radius 1 is 1.42 bits per heavy atom. The highest BCUT2D eigenvalue weighted by atomic mass is 35.5. The molecule has 1 aromatic carbocycles. The van der Waals surface area contributed by atoms with Gasteiger partial charge in [-0.15, -0.1) is 0 Å². The van der Waals surface area contributed by atoms with Crippen molar-refractivity contribution in [1.29, 1.82) is 0 Å². The van der Waals surface area contributed by atoms with Gasteiger partial charge in [0.15, 0.2) is 0 Å². The number of nitrogens with one attached hydrogen (secondary N) is 1. The molecule has 0 aliphatic carbocycles. The van der Waals surface area contributed by atoms with E-state index in [1.807, 2.05) is 35.2 Å². The van der Waals surface area contributed by atoms with Gasteiger partial charge in [0.25, 0.3) is 0 Å². The fraction of sp³-hybridized carbons (Fsp3) is 0.400. The van der Waals surface area contributed by atoms with Crippen LogP contribution >= 0.6 is 11.6 Å². The lowest BCUT2D eigenvalue weighted by molar-refractivity contribution is 0.177. The minimum atomic E-state index is -0.0230. The number of amides is 2. The summed E-state index contributed by atoms with van der Waals surface area (Å²) in [6, 6.07) is 7.48. The van der Waals surface area contributed by atoms with Gasteiger partial charge in [-0.1, -0.05) is 30.7 Å². The minimum Gasteiger partial charge on any atom is -0.325 e. The van der Waals surface area contributed by atoms with E-state index in [1.54, 1.807) is 6.20 Å². The molecule has 1 aliphatic rings. The summed E-state index contributed by atoms with van der Waals surface area (Å²) in [6.07, 6.45) is 5.69. The second kappa shape index (κ2) is 6.62. The van der Waals surface area contributed by atoms with Gasteiger partial charge in [0.2, 0.25) is 0 Å². The van der Waals surface area contributed by atoms with Crippen LogP contribution in [0.3, 0.4) is 0 Å². The number of halogens is 1. The third-order valence-electron chi connectivity index (χ3n) is 3.40. The zero-order valence-electron chi connectivity index (χ0n) is 11.1. The summed E-state index contributed by atoms with van der Waals surface area (Å²) in [4.78, 5) is 13.8. The van der Waals surface area contributed by atoms with Crippen LogP contribution in [-0.4, -0.2) is 24.0 Å². The van der Waals surface area contributed by atoms with Crippen LogP contribution in [0.5, 0.6) is 0 Å². The zero-order valence-corrected chi connectivity index (χ0v) is 11.9. The standard InChI is InChI=1S/C15H19ClN2O/c1-12-6-9-18(10-7-12)15(19)17-8-5-13-3-2-4-14(16)11-13/h2-5,8,11-12H,6-7,9-10H2,1H3,(H,17,19)/b8-5+. The van der Waals surface area contributed by atoms with E-state index < -0.39 is 0 Å². The summed E-state index contributed by atoms with van der Waals surface area (Å²) >= 11 is 5.89. The second-order valence-corrected chi connectivity index (χ2v) is 5.44. The van der Waals surface area contributed by atoms with Gasteiger partial charge in [0, 0.05) is 24.3 Å². The van der Waals surface area contributed by atoms with Crippen LogP contribution < -0.4 is 5.32 Å². The van der Waals surface area contributed by atoms with Crippen LogP contribution in [0.4, 0.5) is 4.79 Å². The SMILES string of the molecule is CC1CCN(C(=O)N/C=C/c2cccc(Cl)c2)CC1. The van der Waals surface area contributed by atoms with Crippen LogP contribution in [0, 0.1) is 5.92 Å². The molecule has 1 aromatic rings. The lowest BCUT2D eigenvalue weighted by Crippen LogP contribution is -2.42. The first kappa shape index (κ1) is 13.9. The number of nitrogens with zero attached hydrogens (tertiary/aromatic N) is 1. The molecule has 0 saturated carbocycles. The van der Waals surface area contributed by atoms with E-state index in [0.717, 1.165) is 37.4 Å². The normalized spacial score (nSPS) is 16.8. The van der Waals surface area contributed by atoms with Crippen molar-refractivity contribution in [1.82, 2.24) is 10.2 Å². The van der Waals surface area contributed by atoms with Gasteiger partial charge < -0.3 is 10.2 Å². The van der Waals surface area contributed by atoms with Crippen LogP contribution in [-0.2, 0) is 0 Å². The molecular formula is C15H19ClN2O. The summed E-state index contributed by atoms with van der Waals surface area (Å²) in [5.74, 6) is 0.728. The Bertz CT molecular complexity index is 465. The number of benzene rings is 1. The molecule has 102 valence electrons. The maximum absolute atomic E-state index is 11.9. The van der Waals surface area contributed by atoms with E-state index in [4.69, 9.17) is 11.6 Å². The average molecular weight is 279 g/mol. The summed E-state index contributed by atoms with van der Waals surface area (Å²) < 4.78 is 0. The second-order valence-electron chi connectivity index (χ2n) is 5.01. The number of likely N-dealkylation sites (tertiary alicyclic amines) is 1. The molecule has 0 atom stereocenters. The van der Waals surface area contributed by atoms with Crippen LogP contribution in [0.2, 0.25) is 5.02 Å². The highest BCUT2D eigenvalue weighted by Crippen LogP contribution is 2.16. The van der Waals surface area contributed by atoms with Gasteiger partial charge in [-0.25, -0.2) is 4.79 Å². The minimum absolute atomic E-state index is 0.0230. The predicted molar refractivity (Wildman–Crippen MR) is 79.0 cm³/mol. The Morgan fingerprint density at radius 2 is 2.16 bits per heavy atom. The number of piperidine rings is 1.